The summed E-state index contributed by atoms with van der Waals surface area (Å²) in [5, 5.41) is 2.74. The van der Waals surface area contributed by atoms with Gasteiger partial charge in [0.05, 0.1) is 5.39 Å². The first-order chi connectivity index (χ1) is 8.05. The molecule has 0 aromatic carbocycles. The second-order valence-electron chi connectivity index (χ2n) is 3.89. The second kappa shape index (κ2) is 4.20. The maximum atomic E-state index is 5.69. The van der Waals surface area contributed by atoms with Gasteiger partial charge in [0.25, 0.3) is 0 Å². The molecule has 0 aliphatic rings. The second-order valence-corrected chi connectivity index (χ2v) is 4.79. The fourth-order valence-electron chi connectivity index (χ4n) is 1.24. The Morgan fingerprint density at radius 2 is 2.29 bits per heavy atom. The molecule has 0 amide bonds. The van der Waals surface area contributed by atoms with Crippen LogP contribution in [0.1, 0.15) is 13.8 Å². The molecule has 0 unspecified atom stereocenters. The molecule has 2 aromatic rings. The van der Waals surface area contributed by atoms with Gasteiger partial charge >= 0.3 is 0 Å². The third kappa shape index (κ3) is 2.30. The van der Waals surface area contributed by atoms with Crippen LogP contribution in [0.25, 0.3) is 10.2 Å². The average molecular weight is 248 g/mol. The Morgan fingerprint density at radius 3 is 2.94 bits per heavy atom. The maximum absolute atomic E-state index is 5.69. The van der Waals surface area contributed by atoms with Crippen LogP contribution in [0.2, 0.25) is 0 Å². The molecule has 6 heteroatoms. The van der Waals surface area contributed by atoms with Gasteiger partial charge in [-0.1, -0.05) is 5.92 Å². The number of rotatable bonds is 3. The number of aromatic nitrogens is 2. The average Bonchev–Trinajstić information content (AvgIpc) is 2.76. The van der Waals surface area contributed by atoms with Crippen molar-refractivity contribution in [1.82, 2.24) is 9.97 Å². The summed E-state index contributed by atoms with van der Waals surface area (Å²) in [6, 6.07) is 1.89. The summed E-state index contributed by atoms with van der Waals surface area (Å²) in [5.41, 5.74) is 1.68. The number of thiophene rings is 1. The van der Waals surface area contributed by atoms with Crippen molar-refractivity contribution >= 4 is 27.5 Å². The van der Waals surface area contributed by atoms with Crippen LogP contribution < -0.4 is 16.0 Å². The van der Waals surface area contributed by atoms with Gasteiger partial charge in [-0.2, -0.15) is 4.98 Å². The number of ether oxygens (including phenoxy) is 1. The topological polar surface area (TPSA) is 73.1 Å². The Bertz CT molecular complexity index is 585. The van der Waals surface area contributed by atoms with Crippen molar-refractivity contribution in [3.8, 4) is 18.2 Å². The number of hydrazine groups is 1. The molecule has 17 heavy (non-hydrogen) atoms. The highest BCUT2D eigenvalue weighted by molar-refractivity contribution is 7.16. The minimum atomic E-state index is -0.727. The quantitative estimate of drug-likeness (QED) is 0.492. The zero-order valence-electron chi connectivity index (χ0n) is 9.52. The minimum Gasteiger partial charge on any atom is -0.458 e. The lowest BCUT2D eigenvalue weighted by molar-refractivity contribution is 0.167. The Kier molecular flexibility index (Phi) is 2.88. The predicted molar refractivity (Wildman–Crippen MR) is 68.8 cm³/mol. The van der Waals surface area contributed by atoms with Crippen molar-refractivity contribution in [3.05, 3.63) is 11.4 Å². The lowest BCUT2D eigenvalue weighted by Gasteiger charge is -2.19. The highest BCUT2D eigenvalue weighted by Crippen LogP contribution is 2.30. The first kappa shape index (κ1) is 11.6. The van der Waals surface area contributed by atoms with Crippen molar-refractivity contribution in [2.45, 2.75) is 19.4 Å². The number of hydrogen-bond donors (Lipinski definition) is 2. The van der Waals surface area contributed by atoms with E-state index in [-0.39, 0.29) is 0 Å². The summed E-state index contributed by atoms with van der Waals surface area (Å²) >= 11 is 1.49. The Labute approximate surface area is 103 Å². The Balaban J connectivity index is 2.52. The monoisotopic (exact) mass is 248 g/mol. The number of nitrogens with one attached hydrogen (secondary N) is 1. The maximum Gasteiger partial charge on any atom is 0.241 e. The van der Waals surface area contributed by atoms with Crippen molar-refractivity contribution in [2.75, 3.05) is 5.43 Å². The van der Waals surface area contributed by atoms with Crippen molar-refractivity contribution in [3.63, 3.8) is 0 Å². The molecule has 0 atom stereocenters. The number of nitrogen functional groups attached to an aromatic ring is 1. The van der Waals surface area contributed by atoms with E-state index < -0.39 is 5.60 Å². The van der Waals surface area contributed by atoms with Gasteiger partial charge in [-0.15, -0.1) is 17.8 Å². The number of hydrogen-bond acceptors (Lipinski definition) is 6. The van der Waals surface area contributed by atoms with E-state index in [4.69, 9.17) is 17.0 Å². The van der Waals surface area contributed by atoms with E-state index in [9.17, 15) is 0 Å². The fourth-order valence-corrected chi connectivity index (χ4v) is 2.00. The van der Waals surface area contributed by atoms with Gasteiger partial charge in [-0.25, -0.2) is 10.8 Å². The number of nitrogens with zero attached hydrogens (tertiary/aromatic N) is 2. The zero-order valence-corrected chi connectivity index (χ0v) is 10.3. The molecule has 0 aliphatic carbocycles. The van der Waals surface area contributed by atoms with Crippen LogP contribution in [-0.4, -0.2) is 15.6 Å². The van der Waals surface area contributed by atoms with E-state index >= 15 is 0 Å². The van der Waals surface area contributed by atoms with Crippen LogP contribution in [0.4, 0.5) is 5.95 Å². The molecular formula is C11H12N4OS. The molecule has 3 N–H and O–H groups in total. The zero-order chi connectivity index (χ0) is 12.5. The molecule has 0 saturated carbocycles. The lowest BCUT2D eigenvalue weighted by atomic mass is 10.1. The molecule has 88 valence electrons. The van der Waals surface area contributed by atoms with Crippen LogP contribution in [-0.2, 0) is 0 Å². The van der Waals surface area contributed by atoms with E-state index in [1.54, 1.807) is 13.8 Å². The molecular weight excluding hydrogens is 236 g/mol. The third-order valence-corrected chi connectivity index (χ3v) is 2.93. The number of fused-ring (bicyclic) bond motifs is 1. The molecule has 5 nitrogen and oxygen atoms in total. The van der Waals surface area contributed by atoms with Gasteiger partial charge in [0.2, 0.25) is 11.8 Å². The Hall–Kier alpha value is -1.84. The summed E-state index contributed by atoms with van der Waals surface area (Å²) < 4.78 is 5.69. The molecule has 0 spiro atoms. The normalized spacial score (nSPS) is 11.2. The highest BCUT2D eigenvalue weighted by atomic mass is 32.1. The number of nitrogens with two attached hydrogens (primary N) is 1. The van der Waals surface area contributed by atoms with E-state index in [0.717, 1.165) is 10.2 Å². The summed E-state index contributed by atoms with van der Waals surface area (Å²) in [6.07, 6.45) is 5.39. The SMILES string of the molecule is C#CC(C)(C)Oc1nc(NN)nc2sccc12. The smallest absolute Gasteiger partial charge is 0.241 e. The van der Waals surface area contributed by atoms with Gasteiger partial charge in [0.15, 0.2) is 5.60 Å². The van der Waals surface area contributed by atoms with Gasteiger partial charge in [0.1, 0.15) is 4.83 Å². The summed E-state index contributed by atoms with van der Waals surface area (Å²) in [4.78, 5) is 9.18. The van der Waals surface area contributed by atoms with Crippen molar-refractivity contribution < 1.29 is 4.74 Å². The molecule has 0 fully saturated rings. The standard InChI is InChI=1S/C11H12N4OS/c1-4-11(2,3)16-8-7-5-6-17-9(7)14-10(13-8)15-12/h1,5-6H,12H2,2-3H3,(H,13,14,15). The summed E-state index contributed by atoms with van der Waals surface area (Å²) in [6.45, 7) is 3.59. The lowest BCUT2D eigenvalue weighted by Crippen LogP contribution is -2.26. The van der Waals surface area contributed by atoms with Crippen molar-refractivity contribution in [1.29, 1.82) is 0 Å². The van der Waals surface area contributed by atoms with E-state index in [1.165, 1.54) is 11.3 Å². The van der Waals surface area contributed by atoms with E-state index in [1.807, 2.05) is 11.4 Å². The molecule has 2 rings (SSSR count). The number of terminal acetylenes is 1. The van der Waals surface area contributed by atoms with Crippen molar-refractivity contribution in [2.24, 2.45) is 5.84 Å². The molecule has 2 heterocycles. The van der Waals surface area contributed by atoms with Crippen LogP contribution in [0.15, 0.2) is 11.4 Å². The number of anilines is 1. The van der Waals surface area contributed by atoms with Crippen LogP contribution in [0.3, 0.4) is 0 Å². The molecule has 0 bridgehead atoms. The van der Waals surface area contributed by atoms with E-state index in [0.29, 0.717) is 11.8 Å². The summed E-state index contributed by atoms with van der Waals surface area (Å²) in [5.74, 6) is 8.61. The molecule has 0 aliphatic heterocycles. The third-order valence-electron chi connectivity index (χ3n) is 2.12. The molecule has 2 aromatic heterocycles. The minimum absolute atomic E-state index is 0.308. The summed E-state index contributed by atoms with van der Waals surface area (Å²) in [7, 11) is 0. The van der Waals surface area contributed by atoms with E-state index in [2.05, 4.69) is 21.3 Å². The largest absolute Gasteiger partial charge is 0.458 e. The Morgan fingerprint density at radius 1 is 1.53 bits per heavy atom. The van der Waals surface area contributed by atoms with Crippen LogP contribution >= 0.6 is 11.3 Å². The van der Waals surface area contributed by atoms with Gasteiger partial charge in [0, 0.05) is 0 Å². The van der Waals surface area contributed by atoms with Crippen LogP contribution in [0, 0.1) is 12.3 Å². The fraction of sp³-hybridized carbons (Fsp3) is 0.273. The first-order valence-electron chi connectivity index (χ1n) is 4.94. The predicted octanol–water partition coefficient (Wildman–Crippen LogP) is 1.77. The molecule has 0 radical (unpaired) electrons. The van der Waals surface area contributed by atoms with Gasteiger partial charge in [-0.05, 0) is 25.3 Å². The first-order valence-corrected chi connectivity index (χ1v) is 5.82. The van der Waals surface area contributed by atoms with Gasteiger partial charge in [-0.3, -0.25) is 5.43 Å². The molecule has 0 saturated heterocycles. The highest BCUT2D eigenvalue weighted by Gasteiger charge is 2.19. The van der Waals surface area contributed by atoms with Gasteiger partial charge < -0.3 is 4.74 Å². The van der Waals surface area contributed by atoms with Crippen LogP contribution in [0.5, 0.6) is 5.88 Å².